The number of rotatable bonds is 4. The molecule has 2 heterocycles. The average Bonchev–Trinajstić information content (AvgIpc) is 2.57. The van der Waals surface area contributed by atoms with Gasteiger partial charge in [0.05, 0.1) is 17.2 Å². The molecule has 0 bridgehead atoms. The second-order valence-corrected chi connectivity index (χ2v) is 7.22. The molecule has 0 spiro atoms. The summed E-state index contributed by atoms with van der Waals surface area (Å²) in [5, 5.41) is 3.62. The Morgan fingerprint density at radius 1 is 1.38 bits per heavy atom. The van der Waals surface area contributed by atoms with Crippen LogP contribution in [0.15, 0.2) is 33.8 Å². The Kier molecular flexibility index (Phi) is 5.30. The number of halogens is 1. The van der Waals surface area contributed by atoms with Crippen molar-refractivity contribution in [2.45, 2.75) is 31.8 Å². The SMILES string of the molecule is CN1CCC(NC(=O)CCn2cnc3ccc(Br)cc3c2=O)CC1. The van der Waals surface area contributed by atoms with Gasteiger partial charge in [-0.25, -0.2) is 4.98 Å². The Morgan fingerprint density at radius 2 is 2.12 bits per heavy atom. The Bertz CT molecular complexity index is 797. The first-order valence-corrected chi connectivity index (χ1v) is 8.95. The maximum Gasteiger partial charge on any atom is 0.261 e. The molecule has 2 aromatic rings. The molecule has 0 radical (unpaired) electrons. The van der Waals surface area contributed by atoms with Gasteiger partial charge in [-0.2, -0.15) is 0 Å². The number of amides is 1. The summed E-state index contributed by atoms with van der Waals surface area (Å²) in [5.41, 5.74) is 0.545. The molecule has 6 nitrogen and oxygen atoms in total. The van der Waals surface area contributed by atoms with Crippen molar-refractivity contribution in [3.8, 4) is 0 Å². The highest BCUT2D eigenvalue weighted by atomic mass is 79.9. The molecule has 0 unspecified atom stereocenters. The van der Waals surface area contributed by atoms with Crippen LogP contribution in [0.1, 0.15) is 19.3 Å². The molecule has 1 N–H and O–H groups in total. The number of carbonyl (C=O) groups is 1. The summed E-state index contributed by atoms with van der Waals surface area (Å²) < 4.78 is 2.34. The standard InChI is InChI=1S/C17H21BrN4O2/c1-21-7-4-13(5-8-21)20-16(23)6-9-22-11-19-15-3-2-12(18)10-14(15)17(22)24/h2-3,10-11,13H,4-9H2,1H3,(H,20,23). The minimum Gasteiger partial charge on any atom is -0.353 e. The van der Waals surface area contributed by atoms with Gasteiger partial charge in [0.2, 0.25) is 5.91 Å². The van der Waals surface area contributed by atoms with Crippen LogP contribution in [0.5, 0.6) is 0 Å². The second kappa shape index (κ2) is 7.44. The molecule has 0 saturated carbocycles. The lowest BCUT2D eigenvalue weighted by atomic mass is 10.1. The molecule has 1 saturated heterocycles. The van der Waals surface area contributed by atoms with Crippen molar-refractivity contribution >= 4 is 32.7 Å². The zero-order valence-electron chi connectivity index (χ0n) is 13.7. The van der Waals surface area contributed by atoms with E-state index in [2.05, 4.69) is 38.2 Å². The molecular weight excluding hydrogens is 372 g/mol. The van der Waals surface area contributed by atoms with E-state index in [0.29, 0.717) is 17.4 Å². The summed E-state index contributed by atoms with van der Waals surface area (Å²) in [7, 11) is 2.09. The largest absolute Gasteiger partial charge is 0.353 e. The van der Waals surface area contributed by atoms with Gasteiger partial charge in [0.15, 0.2) is 0 Å². The summed E-state index contributed by atoms with van der Waals surface area (Å²) >= 11 is 3.37. The van der Waals surface area contributed by atoms with Gasteiger partial charge in [0, 0.05) is 23.5 Å². The summed E-state index contributed by atoms with van der Waals surface area (Å²) in [4.78, 5) is 31.2. The third-order valence-corrected chi connectivity index (χ3v) is 4.94. The van der Waals surface area contributed by atoms with E-state index in [0.717, 1.165) is 30.4 Å². The number of likely N-dealkylation sites (tertiary alicyclic amines) is 1. The predicted octanol–water partition coefficient (Wildman–Crippen LogP) is 1.76. The maximum atomic E-state index is 12.5. The highest BCUT2D eigenvalue weighted by Gasteiger charge is 2.18. The number of hydrogen-bond donors (Lipinski definition) is 1. The lowest BCUT2D eigenvalue weighted by Gasteiger charge is -2.29. The number of nitrogens with zero attached hydrogens (tertiary/aromatic N) is 3. The molecule has 3 rings (SSSR count). The average molecular weight is 393 g/mol. The molecule has 1 aliphatic rings. The first-order valence-electron chi connectivity index (χ1n) is 8.15. The van der Waals surface area contributed by atoms with Gasteiger partial charge in [-0.05, 0) is 51.2 Å². The van der Waals surface area contributed by atoms with Crippen molar-refractivity contribution in [2.75, 3.05) is 20.1 Å². The Balaban J connectivity index is 1.62. The molecule has 24 heavy (non-hydrogen) atoms. The van der Waals surface area contributed by atoms with E-state index < -0.39 is 0 Å². The van der Waals surface area contributed by atoms with E-state index in [9.17, 15) is 9.59 Å². The number of carbonyl (C=O) groups excluding carboxylic acids is 1. The molecule has 0 atom stereocenters. The van der Waals surface area contributed by atoms with Crippen LogP contribution in [0.4, 0.5) is 0 Å². The summed E-state index contributed by atoms with van der Waals surface area (Å²) in [6.45, 7) is 2.36. The van der Waals surface area contributed by atoms with Crippen molar-refractivity contribution < 1.29 is 4.79 Å². The van der Waals surface area contributed by atoms with Crippen LogP contribution < -0.4 is 10.9 Å². The monoisotopic (exact) mass is 392 g/mol. The fourth-order valence-corrected chi connectivity index (χ4v) is 3.33. The minimum absolute atomic E-state index is 0.00853. The minimum atomic E-state index is -0.117. The van der Waals surface area contributed by atoms with Crippen LogP contribution in [0, 0.1) is 0 Å². The number of nitrogens with one attached hydrogen (secondary N) is 1. The van der Waals surface area contributed by atoms with Gasteiger partial charge in [-0.15, -0.1) is 0 Å². The molecule has 1 fully saturated rings. The van der Waals surface area contributed by atoms with Crippen LogP contribution in [-0.4, -0.2) is 46.5 Å². The van der Waals surface area contributed by atoms with Gasteiger partial charge in [0.1, 0.15) is 0 Å². The van der Waals surface area contributed by atoms with Crippen molar-refractivity contribution in [2.24, 2.45) is 0 Å². The molecular formula is C17H21BrN4O2. The Hall–Kier alpha value is -1.73. The van der Waals surface area contributed by atoms with E-state index in [1.807, 2.05) is 6.07 Å². The van der Waals surface area contributed by atoms with Crippen LogP contribution >= 0.6 is 15.9 Å². The summed E-state index contributed by atoms with van der Waals surface area (Å²) in [6.07, 6.45) is 3.76. The van der Waals surface area contributed by atoms with Gasteiger partial charge in [-0.1, -0.05) is 15.9 Å². The lowest BCUT2D eigenvalue weighted by molar-refractivity contribution is -0.122. The quantitative estimate of drug-likeness (QED) is 0.860. The highest BCUT2D eigenvalue weighted by molar-refractivity contribution is 9.10. The molecule has 1 amide bonds. The number of benzene rings is 1. The van der Waals surface area contributed by atoms with Crippen molar-refractivity contribution in [3.05, 3.63) is 39.4 Å². The Morgan fingerprint density at radius 3 is 2.88 bits per heavy atom. The number of hydrogen-bond acceptors (Lipinski definition) is 4. The van der Waals surface area contributed by atoms with Crippen molar-refractivity contribution in [1.82, 2.24) is 19.8 Å². The van der Waals surface area contributed by atoms with E-state index in [-0.39, 0.29) is 23.9 Å². The third kappa shape index (κ3) is 4.02. The molecule has 0 aliphatic carbocycles. The molecule has 7 heteroatoms. The fourth-order valence-electron chi connectivity index (χ4n) is 2.97. The summed E-state index contributed by atoms with van der Waals surface area (Å²) in [6, 6.07) is 5.67. The number of fused-ring (bicyclic) bond motifs is 1. The fraction of sp³-hybridized carbons (Fsp3) is 0.471. The van der Waals surface area contributed by atoms with Gasteiger partial charge < -0.3 is 10.2 Å². The van der Waals surface area contributed by atoms with E-state index in [1.165, 1.54) is 10.9 Å². The van der Waals surface area contributed by atoms with E-state index >= 15 is 0 Å². The topological polar surface area (TPSA) is 67.2 Å². The maximum absolute atomic E-state index is 12.5. The third-order valence-electron chi connectivity index (χ3n) is 4.45. The number of aromatic nitrogens is 2. The normalized spacial score (nSPS) is 16.4. The smallest absolute Gasteiger partial charge is 0.261 e. The first kappa shape index (κ1) is 17.1. The van der Waals surface area contributed by atoms with Crippen LogP contribution in [0.25, 0.3) is 10.9 Å². The summed E-state index contributed by atoms with van der Waals surface area (Å²) in [5.74, 6) is -0.00853. The van der Waals surface area contributed by atoms with Crippen LogP contribution in [0.3, 0.4) is 0 Å². The zero-order chi connectivity index (χ0) is 17.1. The highest BCUT2D eigenvalue weighted by Crippen LogP contribution is 2.15. The van der Waals surface area contributed by atoms with E-state index in [4.69, 9.17) is 0 Å². The predicted molar refractivity (Wildman–Crippen MR) is 97.0 cm³/mol. The van der Waals surface area contributed by atoms with E-state index in [1.54, 1.807) is 12.1 Å². The second-order valence-electron chi connectivity index (χ2n) is 6.30. The first-order chi connectivity index (χ1) is 11.5. The van der Waals surface area contributed by atoms with Gasteiger partial charge >= 0.3 is 0 Å². The number of piperidine rings is 1. The van der Waals surface area contributed by atoms with Crippen molar-refractivity contribution in [3.63, 3.8) is 0 Å². The molecule has 128 valence electrons. The van der Waals surface area contributed by atoms with Gasteiger partial charge in [0.25, 0.3) is 5.56 Å². The number of aryl methyl sites for hydroxylation is 1. The Labute approximate surface area is 149 Å². The molecule has 1 aromatic carbocycles. The van der Waals surface area contributed by atoms with Crippen molar-refractivity contribution in [1.29, 1.82) is 0 Å². The molecule has 1 aliphatic heterocycles. The van der Waals surface area contributed by atoms with Crippen LogP contribution in [0.2, 0.25) is 0 Å². The van der Waals surface area contributed by atoms with Gasteiger partial charge in [-0.3, -0.25) is 14.2 Å². The lowest BCUT2D eigenvalue weighted by Crippen LogP contribution is -2.43. The zero-order valence-corrected chi connectivity index (χ0v) is 15.3. The molecule has 1 aromatic heterocycles. The van der Waals surface area contributed by atoms with Crippen LogP contribution in [-0.2, 0) is 11.3 Å².